The van der Waals surface area contributed by atoms with E-state index < -0.39 is 0 Å². The van der Waals surface area contributed by atoms with Crippen LogP contribution in [0.3, 0.4) is 0 Å². The highest BCUT2D eigenvalue weighted by Crippen LogP contribution is 2.25. The molecule has 18 heavy (non-hydrogen) atoms. The fourth-order valence-electron chi connectivity index (χ4n) is 1.37. The van der Waals surface area contributed by atoms with E-state index in [-0.39, 0.29) is 0 Å². The Morgan fingerprint density at radius 2 is 1.72 bits per heavy atom. The molecular formula is C11H6BrN5O. The van der Waals surface area contributed by atoms with Gasteiger partial charge in [-0.3, -0.25) is 0 Å². The molecule has 88 valence electrons. The van der Waals surface area contributed by atoms with Crippen molar-refractivity contribution >= 4 is 15.9 Å². The highest BCUT2D eigenvalue weighted by Gasteiger charge is 2.15. The van der Waals surface area contributed by atoms with Gasteiger partial charge < -0.3 is 4.52 Å². The Bertz CT molecular complexity index is 670. The summed E-state index contributed by atoms with van der Waals surface area (Å²) >= 11 is 3.38. The number of rotatable bonds is 2. The third-order valence-corrected chi connectivity index (χ3v) is 2.79. The second-order valence-corrected chi connectivity index (χ2v) is 4.18. The topological polar surface area (TPSA) is 77.6 Å². The summed E-state index contributed by atoms with van der Waals surface area (Å²) in [5, 5.41) is 3.83. The van der Waals surface area contributed by atoms with Crippen LogP contribution in [0, 0.1) is 0 Å². The summed E-state index contributed by atoms with van der Waals surface area (Å²) in [5.74, 6) is 1.08. The maximum Gasteiger partial charge on any atom is 0.278 e. The zero-order chi connectivity index (χ0) is 12.4. The molecule has 0 bridgehead atoms. The Kier molecular flexibility index (Phi) is 2.81. The van der Waals surface area contributed by atoms with E-state index in [2.05, 4.69) is 41.0 Å². The van der Waals surface area contributed by atoms with Crippen molar-refractivity contribution in [3.05, 3.63) is 41.3 Å². The summed E-state index contributed by atoms with van der Waals surface area (Å²) in [6, 6.07) is 5.39. The van der Waals surface area contributed by atoms with E-state index in [0.717, 1.165) is 4.47 Å². The molecule has 0 aromatic carbocycles. The SMILES string of the molecule is Brc1cccnc1-c1nc(-c2ncccn2)no1. The van der Waals surface area contributed by atoms with E-state index in [4.69, 9.17) is 4.52 Å². The standard InChI is InChI=1S/C11H6BrN5O/c12-7-3-1-4-13-8(7)11-16-10(17-18-11)9-14-5-2-6-15-9/h1-6H. The summed E-state index contributed by atoms with van der Waals surface area (Å²) in [7, 11) is 0. The Hall–Kier alpha value is -2.15. The molecule has 0 aliphatic heterocycles. The molecular weight excluding hydrogens is 298 g/mol. The fraction of sp³-hybridized carbons (Fsp3) is 0. The number of halogens is 1. The van der Waals surface area contributed by atoms with E-state index in [1.807, 2.05) is 12.1 Å². The molecule has 3 aromatic rings. The maximum atomic E-state index is 5.15. The van der Waals surface area contributed by atoms with Crippen molar-refractivity contribution in [1.82, 2.24) is 25.1 Å². The van der Waals surface area contributed by atoms with Crippen LogP contribution in [0.1, 0.15) is 0 Å². The molecule has 0 aliphatic carbocycles. The number of pyridine rings is 1. The second kappa shape index (κ2) is 4.61. The second-order valence-electron chi connectivity index (χ2n) is 3.33. The van der Waals surface area contributed by atoms with Crippen LogP contribution in [-0.2, 0) is 0 Å². The molecule has 3 heterocycles. The largest absolute Gasteiger partial charge is 0.332 e. The van der Waals surface area contributed by atoms with Gasteiger partial charge in [0, 0.05) is 23.1 Å². The smallest absolute Gasteiger partial charge is 0.278 e. The molecule has 3 rings (SSSR count). The van der Waals surface area contributed by atoms with Crippen LogP contribution in [0.15, 0.2) is 45.8 Å². The molecule has 0 amide bonds. The average Bonchev–Trinajstić information content (AvgIpc) is 2.90. The average molecular weight is 304 g/mol. The molecule has 0 atom stereocenters. The number of hydrogen-bond acceptors (Lipinski definition) is 6. The zero-order valence-corrected chi connectivity index (χ0v) is 10.6. The van der Waals surface area contributed by atoms with Gasteiger partial charge in [0.2, 0.25) is 11.6 Å². The van der Waals surface area contributed by atoms with E-state index in [1.54, 1.807) is 24.7 Å². The molecule has 0 radical (unpaired) electrons. The van der Waals surface area contributed by atoms with Gasteiger partial charge in [0.05, 0.1) is 0 Å². The maximum absolute atomic E-state index is 5.15. The first-order valence-electron chi connectivity index (χ1n) is 5.06. The Morgan fingerprint density at radius 3 is 2.50 bits per heavy atom. The van der Waals surface area contributed by atoms with Crippen LogP contribution in [0.5, 0.6) is 0 Å². The summed E-state index contributed by atoms with van der Waals surface area (Å²) in [6.07, 6.45) is 4.90. The lowest BCUT2D eigenvalue weighted by molar-refractivity contribution is 0.430. The molecule has 0 fully saturated rings. The quantitative estimate of drug-likeness (QED) is 0.723. The lowest BCUT2D eigenvalue weighted by atomic mass is 10.3. The van der Waals surface area contributed by atoms with Crippen molar-refractivity contribution in [2.24, 2.45) is 0 Å². The van der Waals surface area contributed by atoms with E-state index >= 15 is 0 Å². The van der Waals surface area contributed by atoms with Gasteiger partial charge in [-0.15, -0.1) is 0 Å². The van der Waals surface area contributed by atoms with Crippen LogP contribution in [0.4, 0.5) is 0 Å². The molecule has 0 N–H and O–H groups in total. The molecule has 0 unspecified atom stereocenters. The third-order valence-electron chi connectivity index (χ3n) is 2.15. The van der Waals surface area contributed by atoms with Crippen molar-refractivity contribution in [1.29, 1.82) is 0 Å². The van der Waals surface area contributed by atoms with E-state index in [0.29, 0.717) is 23.2 Å². The first kappa shape index (κ1) is 11.0. The minimum Gasteiger partial charge on any atom is -0.332 e. The monoisotopic (exact) mass is 303 g/mol. The zero-order valence-electron chi connectivity index (χ0n) is 8.99. The molecule has 7 heteroatoms. The minimum absolute atomic E-state index is 0.324. The van der Waals surface area contributed by atoms with Crippen molar-refractivity contribution < 1.29 is 4.52 Å². The number of nitrogens with zero attached hydrogens (tertiary/aromatic N) is 5. The van der Waals surface area contributed by atoms with Gasteiger partial charge in [-0.25, -0.2) is 15.0 Å². The highest BCUT2D eigenvalue weighted by atomic mass is 79.9. The van der Waals surface area contributed by atoms with Crippen molar-refractivity contribution in [3.63, 3.8) is 0 Å². The first-order chi connectivity index (χ1) is 8.84. The van der Waals surface area contributed by atoms with Crippen LogP contribution < -0.4 is 0 Å². The predicted octanol–water partition coefficient (Wildman–Crippen LogP) is 2.35. The van der Waals surface area contributed by atoms with E-state index in [9.17, 15) is 0 Å². The third kappa shape index (κ3) is 2.00. The van der Waals surface area contributed by atoms with Crippen LogP contribution in [0.2, 0.25) is 0 Å². The molecule has 0 saturated carbocycles. The summed E-state index contributed by atoms with van der Waals surface area (Å²) in [4.78, 5) is 16.5. The van der Waals surface area contributed by atoms with Crippen molar-refractivity contribution in [2.45, 2.75) is 0 Å². The van der Waals surface area contributed by atoms with Gasteiger partial charge in [0.15, 0.2) is 0 Å². The minimum atomic E-state index is 0.324. The van der Waals surface area contributed by atoms with Crippen LogP contribution in [-0.4, -0.2) is 25.1 Å². The van der Waals surface area contributed by atoms with Crippen LogP contribution >= 0.6 is 15.9 Å². The van der Waals surface area contributed by atoms with Gasteiger partial charge >= 0.3 is 0 Å². The van der Waals surface area contributed by atoms with Gasteiger partial charge in [-0.2, -0.15) is 4.98 Å². The fourth-order valence-corrected chi connectivity index (χ4v) is 1.79. The molecule has 0 aliphatic rings. The molecule has 0 spiro atoms. The Labute approximate surface area is 110 Å². The summed E-state index contributed by atoms with van der Waals surface area (Å²) in [5.41, 5.74) is 0.590. The van der Waals surface area contributed by atoms with Gasteiger partial charge in [0.25, 0.3) is 5.89 Å². The lowest BCUT2D eigenvalue weighted by Crippen LogP contribution is -1.89. The van der Waals surface area contributed by atoms with Gasteiger partial charge in [0.1, 0.15) is 5.69 Å². The van der Waals surface area contributed by atoms with Crippen LogP contribution in [0.25, 0.3) is 23.2 Å². The van der Waals surface area contributed by atoms with Crippen molar-refractivity contribution in [2.75, 3.05) is 0 Å². The molecule has 6 nitrogen and oxygen atoms in total. The Balaban J connectivity index is 2.03. The first-order valence-corrected chi connectivity index (χ1v) is 5.86. The summed E-state index contributed by atoms with van der Waals surface area (Å²) < 4.78 is 5.94. The lowest BCUT2D eigenvalue weighted by Gasteiger charge is -1.94. The summed E-state index contributed by atoms with van der Waals surface area (Å²) in [6.45, 7) is 0. The number of hydrogen-bond donors (Lipinski definition) is 0. The predicted molar refractivity (Wildman–Crippen MR) is 66.3 cm³/mol. The van der Waals surface area contributed by atoms with Gasteiger partial charge in [-0.05, 0) is 34.1 Å². The van der Waals surface area contributed by atoms with E-state index in [1.165, 1.54) is 0 Å². The Morgan fingerprint density at radius 1 is 0.944 bits per heavy atom. The molecule has 3 aromatic heterocycles. The normalized spacial score (nSPS) is 10.5. The van der Waals surface area contributed by atoms with Crippen molar-refractivity contribution in [3.8, 4) is 23.2 Å². The number of aromatic nitrogens is 5. The molecule has 0 saturated heterocycles. The highest BCUT2D eigenvalue weighted by molar-refractivity contribution is 9.10. The van der Waals surface area contributed by atoms with Gasteiger partial charge in [-0.1, -0.05) is 5.16 Å².